The van der Waals surface area contributed by atoms with Crippen molar-refractivity contribution in [1.29, 1.82) is 0 Å². The Hall–Kier alpha value is -1.49. The van der Waals surface area contributed by atoms with Crippen LogP contribution >= 0.6 is 11.6 Å². The van der Waals surface area contributed by atoms with Gasteiger partial charge in [0, 0.05) is 5.69 Å². The molecule has 0 radical (unpaired) electrons. The Kier molecular flexibility index (Phi) is 5.00. The standard InChI is InChI=1S/C13H19ClN2O3/c1-8-6-10(14)9(11(16-8)18-5)7-15-12(17)19-13(2,3)4/h6H,7H2,1-5H3,(H,15,17). The lowest BCUT2D eigenvalue weighted by Gasteiger charge is -2.20. The van der Waals surface area contributed by atoms with Gasteiger partial charge < -0.3 is 14.8 Å². The Bertz CT molecular complexity index is 470. The van der Waals surface area contributed by atoms with Crippen molar-refractivity contribution in [2.75, 3.05) is 7.11 Å². The zero-order chi connectivity index (χ0) is 14.6. The molecule has 0 aliphatic heterocycles. The SMILES string of the molecule is COc1nc(C)cc(Cl)c1CNC(=O)OC(C)(C)C. The minimum absolute atomic E-state index is 0.199. The molecule has 1 amide bonds. The number of hydrogen-bond donors (Lipinski definition) is 1. The van der Waals surface area contributed by atoms with E-state index in [9.17, 15) is 4.79 Å². The molecule has 0 saturated heterocycles. The molecule has 0 aliphatic carbocycles. The largest absolute Gasteiger partial charge is 0.481 e. The first kappa shape index (κ1) is 15.6. The van der Waals surface area contributed by atoms with E-state index in [0.29, 0.717) is 16.5 Å². The highest BCUT2D eigenvalue weighted by Crippen LogP contribution is 2.25. The normalized spacial score (nSPS) is 11.1. The summed E-state index contributed by atoms with van der Waals surface area (Å²) in [5.41, 5.74) is 0.840. The summed E-state index contributed by atoms with van der Waals surface area (Å²) >= 11 is 6.12. The monoisotopic (exact) mass is 286 g/mol. The second-order valence-corrected chi connectivity index (χ2v) is 5.50. The van der Waals surface area contributed by atoms with Crippen LogP contribution in [0.3, 0.4) is 0 Å². The van der Waals surface area contributed by atoms with Crippen molar-refractivity contribution in [3.63, 3.8) is 0 Å². The summed E-state index contributed by atoms with van der Waals surface area (Å²) in [5, 5.41) is 3.13. The molecule has 0 saturated carbocycles. The fourth-order valence-electron chi connectivity index (χ4n) is 1.44. The van der Waals surface area contributed by atoms with Gasteiger partial charge in [0.05, 0.1) is 24.2 Å². The number of aromatic nitrogens is 1. The quantitative estimate of drug-likeness (QED) is 0.927. The second kappa shape index (κ2) is 6.10. The highest BCUT2D eigenvalue weighted by molar-refractivity contribution is 6.31. The van der Waals surface area contributed by atoms with Crippen molar-refractivity contribution >= 4 is 17.7 Å². The maximum absolute atomic E-state index is 11.6. The molecule has 0 aliphatic rings. The summed E-state index contributed by atoms with van der Waals surface area (Å²) in [7, 11) is 1.51. The van der Waals surface area contributed by atoms with Gasteiger partial charge in [0.25, 0.3) is 0 Å². The van der Waals surface area contributed by atoms with Crippen LogP contribution < -0.4 is 10.1 Å². The van der Waals surface area contributed by atoms with Gasteiger partial charge in [-0.2, -0.15) is 0 Å². The van der Waals surface area contributed by atoms with Gasteiger partial charge >= 0.3 is 6.09 Å². The molecule has 1 aromatic rings. The van der Waals surface area contributed by atoms with Crippen LogP contribution in [0.15, 0.2) is 6.07 Å². The van der Waals surface area contributed by atoms with Crippen LogP contribution in [0.2, 0.25) is 5.02 Å². The minimum atomic E-state index is -0.538. The van der Waals surface area contributed by atoms with Crippen LogP contribution in [0, 0.1) is 6.92 Å². The minimum Gasteiger partial charge on any atom is -0.481 e. The van der Waals surface area contributed by atoms with Gasteiger partial charge in [-0.1, -0.05) is 11.6 Å². The molecule has 0 bridgehead atoms. The number of hydrogen-bond acceptors (Lipinski definition) is 4. The molecule has 6 heteroatoms. The zero-order valence-corrected chi connectivity index (χ0v) is 12.6. The molecule has 0 aromatic carbocycles. The second-order valence-electron chi connectivity index (χ2n) is 5.09. The molecular formula is C13H19ClN2O3. The number of rotatable bonds is 3. The van der Waals surface area contributed by atoms with Crippen LogP contribution in [0.25, 0.3) is 0 Å². The molecule has 0 spiro atoms. The molecule has 5 nitrogen and oxygen atoms in total. The Morgan fingerprint density at radius 3 is 2.63 bits per heavy atom. The molecule has 106 valence electrons. The van der Waals surface area contributed by atoms with Crippen molar-refractivity contribution in [2.24, 2.45) is 0 Å². The van der Waals surface area contributed by atoms with Gasteiger partial charge in [-0.15, -0.1) is 0 Å². The number of methoxy groups -OCH3 is 1. The number of ether oxygens (including phenoxy) is 2. The average Bonchev–Trinajstić information content (AvgIpc) is 2.24. The molecule has 1 rings (SSSR count). The fourth-order valence-corrected chi connectivity index (χ4v) is 1.74. The van der Waals surface area contributed by atoms with Crippen LogP contribution in [0.5, 0.6) is 5.88 Å². The lowest BCUT2D eigenvalue weighted by atomic mass is 10.2. The number of halogens is 1. The van der Waals surface area contributed by atoms with Gasteiger partial charge in [0.1, 0.15) is 5.60 Å². The number of nitrogens with zero attached hydrogens (tertiary/aromatic N) is 1. The van der Waals surface area contributed by atoms with Crippen molar-refractivity contribution in [3.05, 3.63) is 22.3 Å². The maximum atomic E-state index is 11.6. The predicted molar refractivity (Wildman–Crippen MR) is 73.6 cm³/mol. The van der Waals surface area contributed by atoms with Gasteiger partial charge in [-0.3, -0.25) is 0 Å². The number of alkyl carbamates (subject to hydrolysis) is 1. The van der Waals surface area contributed by atoms with E-state index in [0.717, 1.165) is 5.69 Å². The van der Waals surface area contributed by atoms with Crippen molar-refractivity contribution in [3.8, 4) is 5.88 Å². The number of carbonyl (C=O) groups excluding carboxylic acids is 1. The Labute approximate surface area is 118 Å². The van der Waals surface area contributed by atoms with Crippen molar-refractivity contribution in [1.82, 2.24) is 10.3 Å². The van der Waals surface area contributed by atoms with Gasteiger partial charge in [0.2, 0.25) is 5.88 Å². The van der Waals surface area contributed by atoms with E-state index in [2.05, 4.69) is 10.3 Å². The molecule has 0 atom stereocenters. The third kappa shape index (κ3) is 4.95. The number of nitrogens with one attached hydrogen (secondary N) is 1. The van der Waals surface area contributed by atoms with Crippen molar-refractivity contribution < 1.29 is 14.3 Å². The topological polar surface area (TPSA) is 60.5 Å². The van der Waals surface area contributed by atoms with E-state index < -0.39 is 11.7 Å². The molecule has 0 fully saturated rings. The summed E-state index contributed by atoms with van der Waals surface area (Å²) in [5.74, 6) is 0.404. The van der Waals surface area contributed by atoms with Crippen LogP contribution in [0.4, 0.5) is 4.79 Å². The number of aryl methyl sites for hydroxylation is 1. The van der Waals surface area contributed by atoms with E-state index in [1.807, 2.05) is 6.92 Å². The summed E-state index contributed by atoms with van der Waals surface area (Å²) in [6, 6.07) is 1.72. The zero-order valence-electron chi connectivity index (χ0n) is 11.8. The molecule has 1 aromatic heterocycles. The van der Waals surface area contributed by atoms with Crippen LogP contribution in [-0.4, -0.2) is 23.8 Å². The molecule has 1 N–H and O–H groups in total. The first-order chi connectivity index (χ1) is 8.73. The van der Waals surface area contributed by atoms with E-state index in [4.69, 9.17) is 21.1 Å². The predicted octanol–water partition coefficient (Wildman–Crippen LogP) is 3.08. The average molecular weight is 287 g/mol. The Morgan fingerprint density at radius 2 is 2.11 bits per heavy atom. The Morgan fingerprint density at radius 1 is 1.47 bits per heavy atom. The highest BCUT2D eigenvalue weighted by atomic mass is 35.5. The number of pyridine rings is 1. The third-order valence-corrected chi connectivity index (χ3v) is 2.50. The summed E-state index contributed by atoms with van der Waals surface area (Å²) in [4.78, 5) is 15.8. The van der Waals surface area contributed by atoms with E-state index in [1.54, 1.807) is 26.8 Å². The summed E-state index contributed by atoms with van der Waals surface area (Å²) in [6.45, 7) is 7.42. The van der Waals surface area contributed by atoms with Crippen molar-refractivity contribution in [2.45, 2.75) is 39.8 Å². The fraction of sp³-hybridized carbons (Fsp3) is 0.538. The first-order valence-electron chi connectivity index (χ1n) is 5.90. The number of amides is 1. The van der Waals surface area contributed by atoms with Crippen LogP contribution in [-0.2, 0) is 11.3 Å². The van der Waals surface area contributed by atoms with E-state index in [-0.39, 0.29) is 6.54 Å². The molecule has 19 heavy (non-hydrogen) atoms. The number of carbonyl (C=O) groups is 1. The van der Waals surface area contributed by atoms with Gasteiger partial charge in [0.15, 0.2) is 0 Å². The summed E-state index contributed by atoms with van der Waals surface area (Å²) < 4.78 is 10.3. The maximum Gasteiger partial charge on any atom is 0.407 e. The Balaban J connectivity index is 2.75. The molecular weight excluding hydrogens is 268 g/mol. The van der Waals surface area contributed by atoms with Gasteiger partial charge in [-0.05, 0) is 33.8 Å². The smallest absolute Gasteiger partial charge is 0.407 e. The molecule has 1 heterocycles. The van der Waals surface area contributed by atoms with E-state index >= 15 is 0 Å². The molecule has 0 unspecified atom stereocenters. The lowest BCUT2D eigenvalue weighted by Crippen LogP contribution is -2.32. The van der Waals surface area contributed by atoms with E-state index in [1.165, 1.54) is 7.11 Å². The summed E-state index contributed by atoms with van der Waals surface area (Å²) in [6.07, 6.45) is -0.508. The third-order valence-electron chi connectivity index (χ3n) is 2.16. The first-order valence-corrected chi connectivity index (χ1v) is 6.27. The van der Waals surface area contributed by atoms with Gasteiger partial charge in [-0.25, -0.2) is 9.78 Å². The van der Waals surface area contributed by atoms with Crippen LogP contribution in [0.1, 0.15) is 32.0 Å². The lowest BCUT2D eigenvalue weighted by molar-refractivity contribution is 0.0523. The highest BCUT2D eigenvalue weighted by Gasteiger charge is 2.17.